The Hall–Kier alpha value is -0.780. The number of nitrogens with zero attached hydrogens (tertiary/aromatic N) is 1. The van der Waals surface area contributed by atoms with Gasteiger partial charge in [-0.2, -0.15) is 0 Å². The summed E-state index contributed by atoms with van der Waals surface area (Å²) in [6.07, 6.45) is 0. The first-order valence-corrected chi connectivity index (χ1v) is 7.74. The molecular formula is C14H16BrFN2S. The Morgan fingerprint density at radius 1 is 1.42 bits per heavy atom. The number of hydrogen-bond acceptors (Lipinski definition) is 3. The fraction of sp³-hybridized carbons (Fsp3) is 0.357. The van der Waals surface area contributed by atoms with E-state index in [1.54, 1.807) is 17.4 Å². The minimum Gasteiger partial charge on any atom is -0.315 e. The molecule has 0 amide bonds. The number of thiazole rings is 1. The molecule has 0 bridgehead atoms. The van der Waals surface area contributed by atoms with Crippen molar-refractivity contribution in [2.75, 3.05) is 7.05 Å². The van der Waals surface area contributed by atoms with E-state index in [4.69, 9.17) is 0 Å². The average molecular weight is 343 g/mol. The van der Waals surface area contributed by atoms with Gasteiger partial charge in [0.1, 0.15) is 10.8 Å². The lowest BCUT2D eigenvalue weighted by Crippen LogP contribution is -2.06. The second-order valence-electron chi connectivity index (χ2n) is 4.61. The number of hydrogen-bond donors (Lipinski definition) is 1. The van der Waals surface area contributed by atoms with Gasteiger partial charge in [0.15, 0.2) is 0 Å². The molecule has 19 heavy (non-hydrogen) atoms. The molecule has 2 nitrogen and oxygen atoms in total. The molecule has 0 aliphatic rings. The highest BCUT2D eigenvalue weighted by atomic mass is 79.9. The maximum Gasteiger partial charge on any atom is 0.134 e. The summed E-state index contributed by atoms with van der Waals surface area (Å²) in [5.74, 6) is 0.0911. The maximum atomic E-state index is 14.0. The van der Waals surface area contributed by atoms with Gasteiger partial charge < -0.3 is 5.32 Å². The lowest BCUT2D eigenvalue weighted by atomic mass is 10.1. The molecule has 1 aromatic carbocycles. The van der Waals surface area contributed by atoms with Gasteiger partial charge in [-0.1, -0.05) is 19.9 Å². The van der Waals surface area contributed by atoms with Crippen molar-refractivity contribution in [1.82, 2.24) is 10.3 Å². The van der Waals surface area contributed by atoms with Gasteiger partial charge in [-0.3, -0.25) is 0 Å². The van der Waals surface area contributed by atoms with E-state index >= 15 is 0 Å². The highest BCUT2D eigenvalue weighted by molar-refractivity contribution is 9.10. The normalized spacial score (nSPS) is 11.3. The van der Waals surface area contributed by atoms with Gasteiger partial charge in [0, 0.05) is 15.9 Å². The molecule has 0 saturated carbocycles. The van der Waals surface area contributed by atoms with Crippen LogP contribution in [0.15, 0.2) is 22.7 Å². The standard InChI is InChI=1S/C14H16BrFN2S/c1-8(2)13-11(7-17-3)19-14(18-13)12-9(15)5-4-6-10(12)16/h4-6,8,17H,7H2,1-3H3. The molecule has 0 saturated heterocycles. The van der Waals surface area contributed by atoms with Crippen LogP contribution < -0.4 is 5.32 Å². The van der Waals surface area contributed by atoms with E-state index in [0.717, 1.165) is 21.7 Å². The summed E-state index contributed by atoms with van der Waals surface area (Å²) >= 11 is 4.95. The summed E-state index contributed by atoms with van der Waals surface area (Å²) in [5.41, 5.74) is 1.60. The first-order chi connectivity index (χ1) is 9.04. The van der Waals surface area contributed by atoms with Crippen LogP contribution in [-0.2, 0) is 6.54 Å². The molecule has 2 aromatic rings. The summed E-state index contributed by atoms with van der Waals surface area (Å²) in [7, 11) is 1.91. The first-order valence-electron chi connectivity index (χ1n) is 6.13. The van der Waals surface area contributed by atoms with Crippen molar-refractivity contribution in [3.63, 3.8) is 0 Å². The third kappa shape index (κ3) is 3.04. The van der Waals surface area contributed by atoms with Gasteiger partial charge in [-0.05, 0) is 41.0 Å². The summed E-state index contributed by atoms with van der Waals surface area (Å²) in [6, 6.07) is 5.00. The van der Waals surface area contributed by atoms with Crippen molar-refractivity contribution in [3.8, 4) is 10.6 Å². The van der Waals surface area contributed by atoms with Crippen molar-refractivity contribution >= 4 is 27.3 Å². The van der Waals surface area contributed by atoms with Gasteiger partial charge in [0.2, 0.25) is 0 Å². The molecular weight excluding hydrogens is 327 g/mol. The average Bonchev–Trinajstić information content (AvgIpc) is 2.73. The third-order valence-electron chi connectivity index (χ3n) is 2.79. The topological polar surface area (TPSA) is 24.9 Å². The molecule has 1 N–H and O–H groups in total. The molecule has 0 aliphatic heterocycles. The Kier molecular flexibility index (Phi) is 4.71. The summed E-state index contributed by atoms with van der Waals surface area (Å²) < 4.78 is 14.7. The van der Waals surface area contributed by atoms with E-state index in [1.165, 1.54) is 10.9 Å². The highest BCUT2D eigenvalue weighted by Crippen LogP contribution is 2.36. The zero-order valence-corrected chi connectivity index (χ0v) is 13.5. The third-order valence-corrected chi connectivity index (χ3v) is 4.54. The Balaban J connectivity index is 2.54. The predicted molar refractivity (Wildman–Crippen MR) is 82.1 cm³/mol. The Morgan fingerprint density at radius 3 is 2.74 bits per heavy atom. The first kappa shape index (κ1) is 14.6. The van der Waals surface area contributed by atoms with Crippen LogP contribution in [0.4, 0.5) is 4.39 Å². The van der Waals surface area contributed by atoms with Gasteiger partial charge in [-0.15, -0.1) is 11.3 Å². The SMILES string of the molecule is CNCc1sc(-c2c(F)cccc2Br)nc1C(C)C. The number of rotatable bonds is 4. The largest absolute Gasteiger partial charge is 0.315 e. The van der Waals surface area contributed by atoms with E-state index < -0.39 is 0 Å². The van der Waals surface area contributed by atoms with Crippen LogP contribution in [0.1, 0.15) is 30.3 Å². The molecule has 2 rings (SSSR count). The Labute approximate surface area is 125 Å². The fourth-order valence-electron chi connectivity index (χ4n) is 1.91. The summed E-state index contributed by atoms with van der Waals surface area (Å²) in [5, 5.41) is 3.87. The van der Waals surface area contributed by atoms with E-state index in [-0.39, 0.29) is 5.82 Å². The summed E-state index contributed by atoms with van der Waals surface area (Å²) in [6.45, 7) is 4.97. The number of aromatic nitrogens is 1. The summed E-state index contributed by atoms with van der Waals surface area (Å²) in [4.78, 5) is 5.80. The minimum atomic E-state index is -0.241. The number of benzene rings is 1. The Morgan fingerprint density at radius 2 is 2.16 bits per heavy atom. The van der Waals surface area contributed by atoms with Crippen LogP contribution in [-0.4, -0.2) is 12.0 Å². The van der Waals surface area contributed by atoms with Crippen LogP contribution in [0, 0.1) is 5.82 Å². The lowest BCUT2D eigenvalue weighted by molar-refractivity contribution is 0.630. The molecule has 0 atom stereocenters. The van der Waals surface area contributed by atoms with Crippen LogP contribution in [0.2, 0.25) is 0 Å². The van der Waals surface area contributed by atoms with Crippen LogP contribution in [0.3, 0.4) is 0 Å². The number of halogens is 2. The van der Waals surface area contributed by atoms with Gasteiger partial charge in [-0.25, -0.2) is 9.37 Å². The van der Waals surface area contributed by atoms with Crippen molar-refractivity contribution in [3.05, 3.63) is 39.1 Å². The van der Waals surface area contributed by atoms with Gasteiger partial charge >= 0.3 is 0 Å². The van der Waals surface area contributed by atoms with Crippen LogP contribution >= 0.6 is 27.3 Å². The molecule has 0 radical (unpaired) electrons. The van der Waals surface area contributed by atoms with Crippen LogP contribution in [0.25, 0.3) is 10.6 Å². The molecule has 0 spiro atoms. The zero-order valence-electron chi connectivity index (χ0n) is 11.1. The smallest absolute Gasteiger partial charge is 0.134 e. The van der Waals surface area contributed by atoms with Crippen molar-refractivity contribution in [2.24, 2.45) is 0 Å². The van der Waals surface area contributed by atoms with Crippen molar-refractivity contribution in [1.29, 1.82) is 0 Å². The highest BCUT2D eigenvalue weighted by Gasteiger charge is 2.18. The zero-order chi connectivity index (χ0) is 14.0. The fourth-order valence-corrected chi connectivity index (χ4v) is 3.86. The molecule has 1 heterocycles. The maximum absolute atomic E-state index is 14.0. The van der Waals surface area contributed by atoms with Gasteiger partial charge in [0.05, 0.1) is 11.3 Å². The molecule has 1 aromatic heterocycles. The molecule has 0 fully saturated rings. The second-order valence-corrected chi connectivity index (χ2v) is 6.55. The molecule has 102 valence electrons. The van der Waals surface area contributed by atoms with E-state index in [0.29, 0.717) is 11.5 Å². The lowest BCUT2D eigenvalue weighted by Gasteiger charge is -2.03. The Bertz CT molecular complexity index is 561. The minimum absolute atomic E-state index is 0.241. The van der Waals surface area contributed by atoms with Crippen molar-refractivity contribution in [2.45, 2.75) is 26.3 Å². The van der Waals surface area contributed by atoms with Gasteiger partial charge in [0.25, 0.3) is 0 Å². The quantitative estimate of drug-likeness (QED) is 0.881. The second kappa shape index (κ2) is 6.11. The van der Waals surface area contributed by atoms with Crippen LogP contribution in [0.5, 0.6) is 0 Å². The molecule has 0 unspecified atom stereocenters. The predicted octanol–water partition coefficient (Wildman–Crippen LogP) is 4.55. The van der Waals surface area contributed by atoms with E-state index in [1.807, 2.05) is 13.1 Å². The number of nitrogens with one attached hydrogen (secondary N) is 1. The monoisotopic (exact) mass is 342 g/mol. The van der Waals surface area contributed by atoms with Crippen molar-refractivity contribution < 1.29 is 4.39 Å². The molecule has 5 heteroatoms. The van der Waals surface area contributed by atoms with E-state index in [9.17, 15) is 4.39 Å². The van der Waals surface area contributed by atoms with E-state index in [2.05, 4.69) is 40.1 Å². The molecule has 0 aliphatic carbocycles.